The van der Waals surface area contributed by atoms with Crippen LogP contribution in [0.5, 0.6) is 0 Å². The largest absolute Gasteiger partial charge is 0.467 e. The first kappa shape index (κ1) is 27.0. The summed E-state index contributed by atoms with van der Waals surface area (Å²) in [5, 5.41) is 6.53. The molecule has 1 aliphatic carbocycles. The summed E-state index contributed by atoms with van der Waals surface area (Å²) in [4.78, 5) is 37.4. The fourth-order valence-electron chi connectivity index (χ4n) is 4.44. The maximum atomic E-state index is 12.8. The molecule has 3 rings (SSSR count). The molecule has 1 fully saturated rings. The number of esters is 1. The number of nitrogens with one attached hydrogen (secondary N) is 2. The normalized spacial score (nSPS) is 19.3. The van der Waals surface area contributed by atoms with Gasteiger partial charge >= 0.3 is 5.97 Å². The van der Waals surface area contributed by atoms with E-state index in [9.17, 15) is 14.4 Å². The molecule has 0 bridgehead atoms. The molecule has 0 aliphatic heterocycles. The lowest BCUT2D eigenvalue weighted by molar-refractivity contribution is -0.147. The second kappa shape index (κ2) is 12.4. The van der Waals surface area contributed by atoms with Gasteiger partial charge in [-0.05, 0) is 73.4 Å². The van der Waals surface area contributed by atoms with E-state index in [0.717, 1.165) is 32.1 Å². The first-order valence-corrected chi connectivity index (χ1v) is 12.7. The van der Waals surface area contributed by atoms with Crippen LogP contribution in [0.2, 0.25) is 10.0 Å². The van der Waals surface area contributed by atoms with Crippen molar-refractivity contribution >= 4 is 46.7 Å². The molecule has 0 saturated heterocycles. The van der Waals surface area contributed by atoms with Crippen molar-refractivity contribution in [3.63, 3.8) is 0 Å². The third-order valence-corrected chi connectivity index (χ3v) is 7.62. The number of carbonyl (C=O) groups excluding carboxylic acids is 3. The van der Waals surface area contributed by atoms with Crippen molar-refractivity contribution in [3.8, 4) is 0 Å². The van der Waals surface area contributed by atoms with Gasteiger partial charge in [0, 0.05) is 17.2 Å². The number of rotatable bonds is 8. The third-order valence-electron chi connectivity index (χ3n) is 6.89. The lowest BCUT2D eigenvalue weighted by Gasteiger charge is -2.30. The molecule has 2 N–H and O–H groups in total. The number of amides is 2. The van der Waals surface area contributed by atoms with Crippen LogP contribution in [-0.4, -0.2) is 30.9 Å². The van der Waals surface area contributed by atoms with Gasteiger partial charge in [0.1, 0.15) is 6.04 Å². The number of benzene rings is 2. The summed E-state index contributed by atoms with van der Waals surface area (Å²) >= 11 is 11.9. The number of methoxy groups -OCH3 is 1. The van der Waals surface area contributed by atoms with Gasteiger partial charge in [-0.1, -0.05) is 55.6 Å². The SMILES string of the molecule is CCC(C)C(NC(=O)C1CCC(c2ccc(NC(=O)c3ccc(Cl)c(Cl)c3)cc2)CC1)C(=O)OC. The molecular weight excluding hydrogens is 487 g/mol. The van der Waals surface area contributed by atoms with E-state index < -0.39 is 12.0 Å². The Morgan fingerprint density at radius 1 is 1.00 bits per heavy atom. The van der Waals surface area contributed by atoms with Crippen molar-refractivity contribution in [3.05, 3.63) is 63.6 Å². The molecule has 2 amide bonds. The molecule has 1 aliphatic rings. The molecule has 2 unspecified atom stereocenters. The lowest BCUT2D eigenvalue weighted by Crippen LogP contribution is -2.48. The zero-order chi connectivity index (χ0) is 25.5. The smallest absolute Gasteiger partial charge is 0.328 e. The zero-order valence-electron chi connectivity index (χ0n) is 20.3. The second-order valence-electron chi connectivity index (χ2n) is 9.15. The molecule has 1 saturated carbocycles. The summed E-state index contributed by atoms with van der Waals surface area (Å²) in [6, 6.07) is 12.0. The summed E-state index contributed by atoms with van der Waals surface area (Å²) in [7, 11) is 1.35. The van der Waals surface area contributed by atoms with Crippen LogP contribution >= 0.6 is 23.2 Å². The Kier molecular flexibility index (Phi) is 9.58. The van der Waals surface area contributed by atoms with Gasteiger partial charge in [0.05, 0.1) is 17.2 Å². The Morgan fingerprint density at radius 2 is 1.66 bits per heavy atom. The minimum absolute atomic E-state index is 0.0124. The van der Waals surface area contributed by atoms with Gasteiger partial charge in [-0.25, -0.2) is 4.79 Å². The fraction of sp³-hybridized carbons (Fsp3) is 0.444. The van der Waals surface area contributed by atoms with Crippen LogP contribution in [0.25, 0.3) is 0 Å². The summed E-state index contributed by atoms with van der Waals surface area (Å²) in [5.74, 6) is -0.465. The van der Waals surface area contributed by atoms with Crippen LogP contribution in [0.1, 0.15) is 67.8 Å². The van der Waals surface area contributed by atoms with Gasteiger partial charge in [0.2, 0.25) is 5.91 Å². The van der Waals surface area contributed by atoms with Crippen molar-refractivity contribution < 1.29 is 19.1 Å². The highest BCUT2D eigenvalue weighted by molar-refractivity contribution is 6.42. The van der Waals surface area contributed by atoms with Crippen LogP contribution < -0.4 is 10.6 Å². The summed E-state index contributed by atoms with van der Waals surface area (Å²) in [6.45, 7) is 3.93. The predicted octanol–water partition coefficient (Wildman–Crippen LogP) is 6.22. The molecule has 2 aromatic carbocycles. The van der Waals surface area contributed by atoms with Gasteiger partial charge in [0.15, 0.2) is 0 Å². The van der Waals surface area contributed by atoms with Crippen molar-refractivity contribution in [1.29, 1.82) is 0 Å². The molecule has 0 heterocycles. The average molecular weight is 519 g/mol. The van der Waals surface area contributed by atoms with E-state index in [4.69, 9.17) is 27.9 Å². The second-order valence-corrected chi connectivity index (χ2v) is 9.96. The minimum Gasteiger partial charge on any atom is -0.467 e. The van der Waals surface area contributed by atoms with E-state index in [2.05, 4.69) is 10.6 Å². The van der Waals surface area contributed by atoms with Crippen LogP contribution in [0, 0.1) is 11.8 Å². The highest BCUT2D eigenvalue weighted by Crippen LogP contribution is 2.36. The molecule has 0 aromatic heterocycles. The Morgan fingerprint density at radius 3 is 2.23 bits per heavy atom. The molecule has 188 valence electrons. The molecule has 2 atom stereocenters. The molecule has 2 aromatic rings. The number of hydrogen-bond acceptors (Lipinski definition) is 4. The molecule has 6 nitrogen and oxygen atoms in total. The maximum absolute atomic E-state index is 12.8. The first-order chi connectivity index (χ1) is 16.7. The lowest BCUT2D eigenvalue weighted by atomic mass is 9.78. The Hall–Kier alpha value is -2.57. The van der Waals surface area contributed by atoms with Crippen LogP contribution in [0.4, 0.5) is 5.69 Å². The molecule has 8 heteroatoms. The molecule has 0 radical (unpaired) electrons. The van der Waals surface area contributed by atoms with E-state index >= 15 is 0 Å². The van der Waals surface area contributed by atoms with Crippen molar-refractivity contribution in [2.24, 2.45) is 11.8 Å². The van der Waals surface area contributed by atoms with E-state index in [1.807, 2.05) is 38.1 Å². The molecular formula is C27H32Cl2N2O4. The minimum atomic E-state index is -0.609. The Labute approximate surface area is 216 Å². The number of halogens is 2. The summed E-state index contributed by atoms with van der Waals surface area (Å²) in [5.41, 5.74) is 2.31. The van der Waals surface area contributed by atoms with E-state index in [-0.39, 0.29) is 23.7 Å². The standard InChI is InChI=1S/C27H32Cl2N2O4/c1-4-16(2)24(27(34)35-3)31-25(32)19-7-5-17(6-8-19)18-9-12-21(13-10-18)30-26(33)20-11-14-22(28)23(29)15-20/h9-17,19,24H,4-8H2,1-3H3,(H,30,33)(H,31,32). The molecule has 35 heavy (non-hydrogen) atoms. The number of anilines is 1. The van der Waals surface area contributed by atoms with Crippen molar-refractivity contribution in [2.75, 3.05) is 12.4 Å². The van der Waals surface area contributed by atoms with Crippen molar-refractivity contribution in [2.45, 2.75) is 57.9 Å². The van der Waals surface area contributed by atoms with Gasteiger partial charge in [0.25, 0.3) is 5.91 Å². The fourth-order valence-corrected chi connectivity index (χ4v) is 4.73. The highest BCUT2D eigenvalue weighted by Gasteiger charge is 2.32. The third kappa shape index (κ3) is 6.98. The zero-order valence-corrected chi connectivity index (χ0v) is 21.8. The Bertz CT molecular complexity index is 1050. The summed E-state index contributed by atoms with van der Waals surface area (Å²) < 4.78 is 4.88. The first-order valence-electron chi connectivity index (χ1n) is 12.0. The van der Waals surface area contributed by atoms with Crippen molar-refractivity contribution in [1.82, 2.24) is 5.32 Å². The van der Waals surface area contributed by atoms with E-state index in [1.165, 1.54) is 12.7 Å². The quantitative estimate of drug-likeness (QED) is 0.406. The number of carbonyl (C=O) groups is 3. The van der Waals surface area contributed by atoms with Gasteiger partial charge in [-0.2, -0.15) is 0 Å². The van der Waals surface area contributed by atoms with Gasteiger partial charge in [-0.3, -0.25) is 9.59 Å². The predicted molar refractivity (Wildman–Crippen MR) is 139 cm³/mol. The Balaban J connectivity index is 1.54. The topological polar surface area (TPSA) is 84.5 Å². The van der Waals surface area contributed by atoms with Crippen LogP contribution in [0.3, 0.4) is 0 Å². The summed E-state index contributed by atoms with van der Waals surface area (Å²) in [6.07, 6.45) is 4.08. The number of hydrogen-bond donors (Lipinski definition) is 2. The van der Waals surface area contributed by atoms with E-state index in [0.29, 0.717) is 27.2 Å². The average Bonchev–Trinajstić information content (AvgIpc) is 2.88. The van der Waals surface area contributed by atoms with Gasteiger partial charge in [-0.15, -0.1) is 0 Å². The maximum Gasteiger partial charge on any atom is 0.328 e. The molecule has 0 spiro atoms. The van der Waals surface area contributed by atoms with Crippen LogP contribution in [0.15, 0.2) is 42.5 Å². The monoisotopic (exact) mass is 518 g/mol. The van der Waals surface area contributed by atoms with E-state index in [1.54, 1.807) is 18.2 Å². The van der Waals surface area contributed by atoms with Gasteiger partial charge < -0.3 is 15.4 Å². The van der Waals surface area contributed by atoms with Crippen LogP contribution in [-0.2, 0) is 14.3 Å². The highest BCUT2D eigenvalue weighted by atomic mass is 35.5. The number of ether oxygens (including phenoxy) is 1.